The van der Waals surface area contributed by atoms with Crippen molar-refractivity contribution in [3.8, 4) is 0 Å². The Morgan fingerprint density at radius 3 is 3.00 bits per heavy atom. The molecule has 1 unspecified atom stereocenters. The minimum atomic E-state index is -0.731. The van der Waals surface area contributed by atoms with Gasteiger partial charge in [0.25, 0.3) is 0 Å². The minimum absolute atomic E-state index is 0.676. The highest BCUT2D eigenvalue weighted by Gasteiger charge is 2.05. The molecule has 0 bridgehead atoms. The maximum Gasteiger partial charge on any atom is 0.108 e. The molecule has 0 aliphatic carbocycles. The number of benzene rings is 1. The van der Waals surface area contributed by atoms with Gasteiger partial charge < -0.3 is 10.7 Å². The Morgan fingerprint density at radius 1 is 1.39 bits per heavy atom. The van der Waals surface area contributed by atoms with Crippen molar-refractivity contribution in [1.29, 1.82) is 0 Å². The fourth-order valence-electron chi connectivity index (χ4n) is 1.82. The molecule has 4 nitrogen and oxygen atoms in total. The quantitative estimate of drug-likeness (QED) is 0.787. The molecule has 3 N–H and O–H groups in total. The number of aryl methyl sites for hydroxylation is 1. The van der Waals surface area contributed by atoms with Crippen LogP contribution in [0.4, 0.5) is 5.69 Å². The van der Waals surface area contributed by atoms with Crippen LogP contribution in [-0.4, -0.2) is 25.7 Å². The van der Waals surface area contributed by atoms with Crippen LogP contribution < -0.4 is 5.73 Å². The first-order valence-electron chi connectivity index (χ1n) is 6.28. The van der Waals surface area contributed by atoms with Crippen LogP contribution in [0.3, 0.4) is 0 Å². The minimum Gasteiger partial charge on any atom is -0.399 e. The molecule has 0 fully saturated rings. The molecule has 5 heteroatoms. The standard InChI is InChI=1S/C13H19N3OS/c1-2-3-7-18(17)8-6-13-15-11-5-4-10(14)9-12(11)16-13/h4-5,9H,2-3,6-8,14H2,1H3,(H,15,16). The van der Waals surface area contributed by atoms with Crippen LogP contribution in [0, 0.1) is 0 Å². The SMILES string of the molecule is CCCCS(=O)CCc1nc2ccc(N)cc2[nH]1. The van der Waals surface area contributed by atoms with E-state index < -0.39 is 10.8 Å². The number of aromatic amines is 1. The van der Waals surface area contributed by atoms with Gasteiger partial charge in [-0.1, -0.05) is 13.3 Å². The number of anilines is 1. The number of H-pyrrole nitrogens is 1. The maximum atomic E-state index is 11.7. The van der Waals surface area contributed by atoms with Crippen molar-refractivity contribution in [2.24, 2.45) is 0 Å². The summed E-state index contributed by atoms with van der Waals surface area (Å²) in [5.41, 5.74) is 8.30. The first kappa shape index (κ1) is 13.1. The summed E-state index contributed by atoms with van der Waals surface area (Å²) >= 11 is 0. The zero-order valence-corrected chi connectivity index (χ0v) is 11.4. The second kappa shape index (κ2) is 6.00. The fraction of sp³-hybridized carbons (Fsp3) is 0.462. The second-order valence-corrected chi connectivity index (χ2v) is 6.11. The van der Waals surface area contributed by atoms with Crippen molar-refractivity contribution in [1.82, 2.24) is 9.97 Å². The third-order valence-electron chi connectivity index (χ3n) is 2.85. The Balaban J connectivity index is 1.97. The highest BCUT2D eigenvalue weighted by atomic mass is 32.2. The van der Waals surface area contributed by atoms with Crippen molar-refractivity contribution in [2.45, 2.75) is 26.2 Å². The summed E-state index contributed by atoms with van der Waals surface area (Å²) in [5.74, 6) is 2.36. The van der Waals surface area contributed by atoms with E-state index in [2.05, 4.69) is 16.9 Å². The lowest BCUT2D eigenvalue weighted by atomic mass is 10.3. The molecule has 2 aromatic rings. The van der Waals surface area contributed by atoms with Crippen molar-refractivity contribution < 1.29 is 4.21 Å². The zero-order chi connectivity index (χ0) is 13.0. The van der Waals surface area contributed by atoms with Crippen molar-refractivity contribution in [2.75, 3.05) is 17.2 Å². The number of nitrogen functional groups attached to an aromatic ring is 1. The van der Waals surface area contributed by atoms with Crippen LogP contribution in [0.5, 0.6) is 0 Å². The van der Waals surface area contributed by atoms with Gasteiger partial charge in [0.05, 0.1) is 11.0 Å². The van der Waals surface area contributed by atoms with E-state index in [1.54, 1.807) is 0 Å². The molecule has 0 saturated carbocycles. The summed E-state index contributed by atoms with van der Waals surface area (Å²) in [7, 11) is -0.731. The van der Waals surface area contributed by atoms with Gasteiger partial charge in [-0.05, 0) is 24.6 Å². The Labute approximate surface area is 109 Å². The molecule has 0 aliphatic rings. The van der Waals surface area contributed by atoms with Crippen LogP contribution in [0.1, 0.15) is 25.6 Å². The van der Waals surface area contributed by atoms with E-state index in [1.807, 2.05) is 18.2 Å². The molecule has 1 heterocycles. The van der Waals surface area contributed by atoms with Gasteiger partial charge in [0, 0.05) is 34.4 Å². The van der Waals surface area contributed by atoms with Crippen LogP contribution in [-0.2, 0) is 17.2 Å². The van der Waals surface area contributed by atoms with E-state index >= 15 is 0 Å². The number of rotatable bonds is 6. The van der Waals surface area contributed by atoms with Gasteiger partial charge in [-0.3, -0.25) is 4.21 Å². The normalized spacial score (nSPS) is 12.9. The number of imidazole rings is 1. The molecule has 0 saturated heterocycles. The number of hydrogen-bond acceptors (Lipinski definition) is 3. The fourth-order valence-corrected chi connectivity index (χ4v) is 3.05. The highest BCUT2D eigenvalue weighted by molar-refractivity contribution is 7.84. The smallest absolute Gasteiger partial charge is 0.108 e. The predicted octanol–water partition coefficient (Wildman–Crippen LogP) is 2.24. The monoisotopic (exact) mass is 265 g/mol. The molecule has 1 aromatic carbocycles. The van der Waals surface area contributed by atoms with E-state index in [0.717, 1.165) is 47.6 Å². The van der Waals surface area contributed by atoms with Crippen molar-refractivity contribution in [3.05, 3.63) is 24.0 Å². The molecule has 0 radical (unpaired) electrons. The third-order valence-corrected chi connectivity index (χ3v) is 4.25. The van der Waals surface area contributed by atoms with E-state index in [1.165, 1.54) is 0 Å². The van der Waals surface area contributed by atoms with E-state index in [0.29, 0.717) is 5.75 Å². The Bertz CT molecular complexity index is 550. The molecule has 18 heavy (non-hydrogen) atoms. The second-order valence-electron chi connectivity index (χ2n) is 4.41. The summed E-state index contributed by atoms with van der Waals surface area (Å²) in [4.78, 5) is 7.68. The van der Waals surface area contributed by atoms with Gasteiger partial charge in [0.1, 0.15) is 5.82 Å². The number of fused-ring (bicyclic) bond motifs is 1. The summed E-state index contributed by atoms with van der Waals surface area (Å²) in [6.07, 6.45) is 2.85. The summed E-state index contributed by atoms with van der Waals surface area (Å²) in [6, 6.07) is 5.62. The number of nitrogens with two attached hydrogens (primary N) is 1. The Morgan fingerprint density at radius 2 is 2.22 bits per heavy atom. The van der Waals surface area contributed by atoms with Gasteiger partial charge in [0.2, 0.25) is 0 Å². The van der Waals surface area contributed by atoms with E-state index in [9.17, 15) is 4.21 Å². The number of nitrogens with zero attached hydrogens (tertiary/aromatic N) is 1. The topological polar surface area (TPSA) is 71.8 Å². The lowest BCUT2D eigenvalue weighted by molar-refractivity contribution is 0.678. The Kier molecular flexibility index (Phi) is 4.36. The van der Waals surface area contributed by atoms with Crippen LogP contribution in [0.15, 0.2) is 18.2 Å². The molecule has 0 amide bonds. The van der Waals surface area contributed by atoms with Crippen LogP contribution in [0.25, 0.3) is 11.0 Å². The van der Waals surface area contributed by atoms with Crippen molar-refractivity contribution in [3.63, 3.8) is 0 Å². The lowest BCUT2D eigenvalue weighted by Gasteiger charge is -1.98. The zero-order valence-electron chi connectivity index (χ0n) is 10.6. The third kappa shape index (κ3) is 3.32. The molecule has 98 valence electrons. The lowest BCUT2D eigenvalue weighted by Crippen LogP contribution is -2.06. The average molecular weight is 265 g/mol. The maximum absolute atomic E-state index is 11.7. The Hall–Kier alpha value is -1.36. The molecular formula is C13H19N3OS. The van der Waals surface area contributed by atoms with Gasteiger partial charge in [-0.2, -0.15) is 0 Å². The summed E-state index contributed by atoms with van der Waals surface area (Å²) < 4.78 is 11.7. The largest absolute Gasteiger partial charge is 0.399 e. The van der Waals surface area contributed by atoms with Gasteiger partial charge in [0.15, 0.2) is 0 Å². The first-order chi connectivity index (χ1) is 8.69. The highest BCUT2D eigenvalue weighted by Crippen LogP contribution is 2.15. The molecular weight excluding hydrogens is 246 g/mol. The van der Waals surface area contributed by atoms with E-state index in [-0.39, 0.29) is 0 Å². The van der Waals surface area contributed by atoms with E-state index in [4.69, 9.17) is 5.73 Å². The first-order valence-corrected chi connectivity index (χ1v) is 7.77. The van der Waals surface area contributed by atoms with Crippen molar-refractivity contribution >= 4 is 27.5 Å². The molecule has 1 atom stereocenters. The predicted molar refractivity (Wildman–Crippen MR) is 77.0 cm³/mol. The number of nitrogens with one attached hydrogen (secondary N) is 1. The number of unbranched alkanes of at least 4 members (excludes halogenated alkanes) is 1. The number of aromatic nitrogens is 2. The molecule has 2 rings (SSSR count). The molecule has 1 aromatic heterocycles. The van der Waals surface area contributed by atoms with Gasteiger partial charge in [-0.15, -0.1) is 0 Å². The molecule has 0 spiro atoms. The van der Waals surface area contributed by atoms with Gasteiger partial charge >= 0.3 is 0 Å². The van der Waals surface area contributed by atoms with Gasteiger partial charge in [-0.25, -0.2) is 4.98 Å². The van der Waals surface area contributed by atoms with Crippen LogP contribution in [0.2, 0.25) is 0 Å². The number of hydrogen-bond donors (Lipinski definition) is 2. The summed E-state index contributed by atoms with van der Waals surface area (Å²) in [5, 5.41) is 0. The molecule has 0 aliphatic heterocycles. The summed E-state index contributed by atoms with van der Waals surface area (Å²) in [6.45, 7) is 2.11. The average Bonchev–Trinajstić information content (AvgIpc) is 2.75. The van der Waals surface area contributed by atoms with Crippen LogP contribution >= 0.6 is 0 Å².